The van der Waals surface area contributed by atoms with Gasteiger partial charge in [-0.1, -0.05) is 12.8 Å². The van der Waals surface area contributed by atoms with Gasteiger partial charge in [-0.15, -0.1) is 0 Å². The van der Waals surface area contributed by atoms with Crippen molar-refractivity contribution in [2.75, 3.05) is 12.8 Å². The molecule has 1 spiro atoms. The fourth-order valence-electron chi connectivity index (χ4n) is 4.38. The van der Waals surface area contributed by atoms with Crippen molar-refractivity contribution in [1.29, 1.82) is 0 Å². The van der Waals surface area contributed by atoms with Crippen LogP contribution >= 0.6 is 22.6 Å². The summed E-state index contributed by atoms with van der Waals surface area (Å²) in [6.45, 7) is 7.08. The highest BCUT2D eigenvalue weighted by molar-refractivity contribution is 14.1. The number of amidine groups is 1. The standard InChI is InChI=1S/C21H29FIN3O3S/c1-19(2,3)29-18(27)25-17-21(10-6-7-11-21)30(28,24-5)13-20(4,26-17)15-12-14(23)8-9-16(15)22/h8-9,12H,6-7,10-11,13H2,1-5H3,(H,25,26,27)/t20-,30-/m0/s1. The number of nitrogens with one attached hydrogen (secondary N) is 1. The second-order valence-electron chi connectivity index (χ2n) is 9.15. The number of halogens is 2. The molecule has 1 heterocycles. The van der Waals surface area contributed by atoms with Gasteiger partial charge in [0, 0.05) is 16.2 Å². The molecule has 1 saturated carbocycles. The van der Waals surface area contributed by atoms with Crippen LogP contribution in [0.25, 0.3) is 0 Å². The van der Waals surface area contributed by atoms with E-state index in [2.05, 4.69) is 32.3 Å². The third-order valence-electron chi connectivity index (χ3n) is 5.71. The first-order chi connectivity index (χ1) is 13.8. The molecule has 0 bridgehead atoms. The van der Waals surface area contributed by atoms with Gasteiger partial charge in [-0.25, -0.2) is 17.8 Å². The summed E-state index contributed by atoms with van der Waals surface area (Å²) in [5.74, 6) is -0.0112. The molecule has 2 atom stereocenters. The first kappa shape index (κ1) is 23.4. The van der Waals surface area contributed by atoms with Crippen LogP contribution in [-0.2, 0) is 20.0 Å². The van der Waals surface area contributed by atoms with Gasteiger partial charge in [0.05, 0.1) is 15.5 Å². The van der Waals surface area contributed by atoms with Crippen molar-refractivity contribution in [2.45, 2.75) is 69.3 Å². The van der Waals surface area contributed by atoms with E-state index in [-0.39, 0.29) is 5.75 Å². The quantitative estimate of drug-likeness (QED) is 0.502. The van der Waals surface area contributed by atoms with Gasteiger partial charge >= 0.3 is 6.09 Å². The Labute approximate surface area is 191 Å². The fraction of sp³-hybridized carbons (Fsp3) is 0.619. The summed E-state index contributed by atoms with van der Waals surface area (Å²) in [4.78, 5) is 17.5. The van der Waals surface area contributed by atoms with Gasteiger partial charge in [0.2, 0.25) is 0 Å². The number of rotatable bonds is 1. The largest absolute Gasteiger partial charge is 0.444 e. The molecule has 1 aromatic carbocycles. The lowest BCUT2D eigenvalue weighted by Gasteiger charge is -2.43. The predicted octanol–water partition coefficient (Wildman–Crippen LogP) is 4.99. The van der Waals surface area contributed by atoms with E-state index in [1.165, 1.54) is 6.07 Å². The van der Waals surface area contributed by atoms with E-state index < -0.39 is 37.5 Å². The second-order valence-corrected chi connectivity index (χ2v) is 13.1. The lowest BCUT2D eigenvalue weighted by Crippen LogP contribution is -2.59. The minimum Gasteiger partial charge on any atom is -0.444 e. The van der Waals surface area contributed by atoms with Crippen molar-refractivity contribution in [3.63, 3.8) is 0 Å². The minimum absolute atomic E-state index is 0.104. The topological polar surface area (TPSA) is 80.1 Å². The summed E-state index contributed by atoms with van der Waals surface area (Å²) in [6, 6.07) is 4.78. The lowest BCUT2D eigenvalue weighted by molar-refractivity contribution is 0.0560. The number of benzene rings is 1. The predicted molar refractivity (Wildman–Crippen MR) is 126 cm³/mol. The fourth-order valence-corrected chi connectivity index (χ4v) is 7.94. The van der Waals surface area contributed by atoms with Crippen LogP contribution in [0.4, 0.5) is 9.18 Å². The average molecular weight is 549 g/mol. The third kappa shape index (κ3) is 4.24. The molecule has 0 radical (unpaired) electrons. The van der Waals surface area contributed by atoms with E-state index in [4.69, 9.17) is 9.73 Å². The van der Waals surface area contributed by atoms with Crippen LogP contribution < -0.4 is 5.32 Å². The number of nitrogens with zero attached hydrogens (tertiary/aromatic N) is 2. The summed E-state index contributed by atoms with van der Waals surface area (Å²) in [6.07, 6.45) is 2.31. The lowest BCUT2D eigenvalue weighted by atomic mass is 9.92. The molecular weight excluding hydrogens is 520 g/mol. The number of hydrogen-bond donors (Lipinski definition) is 1. The Morgan fingerprint density at radius 2 is 1.97 bits per heavy atom. The average Bonchev–Trinajstić information content (AvgIpc) is 3.12. The Bertz CT molecular complexity index is 1010. The first-order valence-corrected chi connectivity index (χ1v) is 12.8. The number of carbonyl (C=O) groups is 1. The van der Waals surface area contributed by atoms with Gasteiger partial charge in [0.25, 0.3) is 0 Å². The van der Waals surface area contributed by atoms with Crippen molar-refractivity contribution >= 4 is 44.2 Å². The zero-order chi connectivity index (χ0) is 22.4. The Balaban J connectivity index is 2.18. The van der Waals surface area contributed by atoms with Gasteiger partial charge in [-0.3, -0.25) is 10.3 Å². The van der Waals surface area contributed by atoms with E-state index in [9.17, 15) is 13.4 Å². The van der Waals surface area contributed by atoms with Gasteiger partial charge in [0.1, 0.15) is 27.5 Å². The van der Waals surface area contributed by atoms with Crippen LogP contribution in [0, 0.1) is 9.39 Å². The van der Waals surface area contributed by atoms with E-state index in [1.54, 1.807) is 46.9 Å². The molecule has 2 aliphatic rings. The SMILES string of the molecule is CN=[S@]1(=O)C[C@@](C)(c2cc(I)ccc2F)N=C(NC(=O)OC(C)(C)C)C12CCCC2. The van der Waals surface area contributed by atoms with Crippen LogP contribution in [0.1, 0.15) is 58.9 Å². The third-order valence-corrected chi connectivity index (χ3v) is 9.75. The van der Waals surface area contributed by atoms with Crippen molar-refractivity contribution in [3.05, 3.63) is 33.1 Å². The zero-order valence-corrected chi connectivity index (χ0v) is 21.0. The van der Waals surface area contributed by atoms with Crippen LogP contribution in [0.15, 0.2) is 27.6 Å². The van der Waals surface area contributed by atoms with Crippen LogP contribution in [-0.4, -0.2) is 39.3 Å². The Morgan fingerprint density at radius 1 is 1.33 bits per heavy atom. The molecule has 166 valence electrons. The normalized spacial score (nSPS) is 28.2. The number of ether oxygens (including phenoxy) is 1. The van der Waals surface area contributed by atoms with E-state index in [1.807, 2.05) is 0 Å². The molecule has 1 amide bonds. The molecule has 1 aliphatic heterocycles. The minimum atomic E-state index is -2.84. The highest BCUT2D eigenvalue weighted by Gasteiger charge is 2.55. The summed E-state index contributed by atoms with van der Waals surface area (Å²) < 4.78 is 38.8. The van der Waals surface area contributed by atoms with E-state index in [0.717, 1.165) is 16.4 Å². The number of amides is 1. The monoisotopic (exact) mass is 549 g/mol. The molecule has 0 aromatic heterocycles. The van der Waals surface area contributed by atoms with Crippen molar-refractivity contribution in [3.8, 4) is 0 Å². The summed E-state index contributed by atoms with van der Waals surface area (Å²) in [5, 5.41) is 2.78. The van der Waals surface area contributed by atoms with Gasteiger partial charge in [-0.2, -0.15) is 0 Å². The highest BCUT2D eigenvalue weighted by atomic mass is 127. The van der Waals surface area contributed by atoms with Crippen LogP contribution in [0.5, 0.6) is 0 Å². The Kier molecular flexibility index (Phi) is 6.28. The van der Waals surface area contributed by atoms with E-state index >= 15 is 0 Å². The Hall–Kier alpha value is -1.23. The molecule has 9 heteroatoms. The van der Waals surface area contributed by atoms with Gasteiger partial charge < -0.3 is 4.74 Å². The van der Waals surface area contributed by atoms with Crippen molar-refractivity contribution in [2.24, 2.45) is 9.36 Å². The Morgan fingerprint density at radius 3 is 2.53 bits per heavy atom. The maximum Gasteiger partial charge on any atom is 0.413 e. The molecule has 30 heavy (non-hydrogen) atoms. The molecule has 6 nitrogen and oxygen atoms in total. The van der Waals surface area contributed by atoms with Crippen molar-refractivity contribution < 1.29 is 18.1 Å². The zero-order valence-electron chi connectivity index (χ0n) is 18.1. The molecule has 3 rings (SSSR count). The highest BCUT2D eigenvalue weighted by Crippen LogP contribution is 2.47. The van der Waals surface area contributed by atoms with Gasteiger partial charge in [0.15, 0.2) is 0 Å². The number of alkyl carbamates (subject to hydrolysis) is 1. The van der Waals surface area contributed by atoms with Crippen molar-refractivity contribution in [1.82, 2.24) is 5.32 Å². The van der Waals surface area contributed by atoms with Gasteiger partial charge in [-0.05, 0) is 81.3 Å². The smallest absolute Gasteiger partial charge is 0.413 e. The molecule has 1 aliphatic carbocycles. The second kappa shape index (κ2) is 8.03. The number of hydrogen-bond acceptors (Lipinski definition) is 5. The maximum absolute atomic E-state index is 14.8. The first-order valence-electron chi connectivity index (χ1n) is 10.0. The molecule has 1 N–H and O–H groups in total. The van der Waals surface area contributed by atoms with E-state index in [0.29, 0.717) is 24.2 Å². The molecular formula is C21H29FIN3O3S. The summed E-state index contributed by atoms with van der Waals surface area (Å²) in [5.41, 5.74) is -1.47. The summed E-state index contributed by atoms with van der Waals surface area (Å²) in [7, 11) is -1.29. The molecule has 0 unspecified atom stereocenters. The number of carbonyl (C=O) groups excluding carboxylic acids is 1. The molecule has 1 fully saturated rings. The van der Waals surface area contributed by atoms with Crippen LogP contribution in [0.2, 0.25) is 0 Å². The van der Waals surface area contributed by atoms with Crippen LogP contribution in [0.3, 0.4) is 0 Å². The molecule has 0 saturated heterocycles. The summed E-state index contributed by atoms with van der Waals surface area (Å²) >= 11 is 2.11. The maximum atomic E-state index is 14.8. The number of aliphatic imine (C=N–C) groups is 1. The molecule has 1 aromatic rings.